The van der Waals surface area contributed by atoms with E-state index >= 15 is 0 Å². The lowest BCUT2D eigenvalue weighted by molar-refractivity contribution is 0.107. The molecular weight excluding hydrogens is 327 g/mol. The third-order valence-corrected chi connectivity index (χ3v) is 3.97. The molecule has 0 aliphatic carbocycles. The Morgan fingerprint density at radius 3 is 1.44 bits per heavy atom. The number of carbonyl (C=O) groups is 2. The summed E-state index contributed by atoms with van der Waals surface area (Å²) in [6.45, 7) is 0. The number of halogens is 2. The van der Waals surface area contributed by atoms with Crippen molar-refractivity contribution in [3.05, 3.63) is 35.4 Å². The lowest BCUT2D eigenvalue weighted by Gasteiger charge is -2.00. The maximum atomic E-state index is 11.3. The Hall–Kier alpha value is -0.960. The van der Waals surface area contributed by atoms with Crippen LogP contribution in [0, 0.1) is 0 Å². The molecule has 0 saturated carbocycles. The van der Waals surface area contributed by atoms with E-state index in [0.717, 1.165) is 24.3 Å². The highest BCUT2D eigenvalue weighted by molar-refractivity contribution is 8.26. The minimum atomic E-state index is -4.49. The van der Waals surface area contributed by atoms with E-state index < -0.39 is 39.5 Å². The first-order valence-electron chi connectivity index (χ1n) is 4.11. The average molecular weight is 331 g/mol. The molecule has 0 bridgehead atoms. The summed E-state index contributed by atoms with van der Waals surface area (Å²) in [6, 6.07) is 4.05. The zero-order valence-electron chi connectivity index (χ0n) is 8.33. The van der Waals surface area contributed by atoms with Crippen LogP contribution in [0.2, 0.25) is 0 Å². The van der Waals surface area contributed by atoms with Crippen molar-refractivity contribution in [2.75, 3.05) is 0 Å². The monoisotopic (exact) mass is 330 g/mol. The topological polar surface area (TPSA) is 102 Å². The summed E-state index contributed by atoms with van der Waals surface area (Å²) in [7, 11) is 0.678. The van der Waals surface area contributed by atoms with Crippen molar-refractivity contribution in [1.29, 1.82) is 0 Å². The van der Waals surface area contributed by atoms with Crippen LogP contribution >= 0.6 is 21.4 Å². The van der Waals surface area contributed by atoms with E-state index in [9.17, 15) is 26.4 Å². The molecule has 0 amide bonds. The fraction of sp³-hybridized carbons (Fsp3) is 0. The summed E-state index contributed by atoms with van der Waals surface area (Å²) in [4.78, 5) is 22.6. The van der Waals surface area contributed by atoms with Gasteiger partial charge in [-0.25, -0.2) is 16.8 Å². The predicted molar refractivity (Wildman–Crippen MR) is 64.6 cm³/mol. The van der Waals surface area contributed by atoms with E-state index in [0.29, 0.717) is 0 Å². The molecule has 0 fully saturated rings. The van der Waals surface area contributed by atoms with Gasteiger partial charge in [-0.1, -0.05) is 18.2 Å². The molecule has 1 aromatic rings. The average Bonchev–Trinajstić information content (AvgIpc) is 2.24. The second-order valence-corrected chi connectivity index (χ2v) is 7.96. The third kappa shape index (κ3) is 3.52. The summed E-state index contributed by atoms with van der Waals surface area (Å²) in [6.07, 6.45) is 0. The molecule has 0 N–H and O–H groups in total. The summed E-state index contributed by atoms with van der Waals surface area (Å²) in [5.74, 6) is 0. The molecule has 0 unspecified atom stereocenters. The second-order valence-electron chi connectivity index (χ2n) is 3.03. The van der Waals surface area contributed by atoms with Gasteiger partial charge in [0.1, 0.15) is 0 Å². The molecule has 6 nitrogen and oxygen atoms in total. The van der Waals surface area contributed by atoms with Gasteiger partial charge < -0.3 is 0 Å². The van der Waals surface area contributed by atoms with E-state index in [1.54, 1.807) is 0 Å². The van der Waals surface area contributed by atoms with Gasteiger partial charge >= 0.3 is 0 Å². The SMILES string of the molecule is O=C(c1cccc(C(=O)S(=O)(=O)Cl)c1)S(=O)(=O)Cl. The van der Waals surface area contributed by atoms with E-state index in [1.807, 2.05) is 0 Å². The van der Waals surface area contributed by atoms with Gasteiger partial charge in [-0.15, -0.1) is 0 Å². The van der Waals surface area contributed by atoms with Crippen LogP contribution in [0.4, 0.5) is 0 Å². The van der Waals surface area contributed by atoms with Gasteiger partial charge in [0.2, 0.25) is 0 Å². The van der Waals surface area contributed by atoms with Crippen molar-refractivity contribution in [3.8, 4) is 0 Å². The number of carbonyl (C=O) groups excluding carboxylic acids is 2. The molecular formula is C8H4Cl2O6S2. The maximum absolute atomic E-state index is 11.3. The second kappa shape index (κ2) is 4.96. The first-order chi connectivity index (χ1) is 8.03. The normalized spacial score (nSPS) is 12.1. The summed E-state index contributed by atoms with van der Waals surface area (Å²) in [5, 5.41) is -2.88. The molecule has 0 radical (unpaired) electrons. The minimum absolute atomic E-state index is 0.434. The van der Waals surface area contributed by atoms with Crippen LogP contribution in [0.5, 0.6) is 0 Å². The molecule has 1 aromatic carbocycles. The van der Waals surface area contributed by atoms with Gasteiger partial charge in [0.25, 0.3) is 28.3 Å². The van der Waals surface area contributed by atoms with Crippen LogP contribution in [-0.2, 0) is 18.1 Å². The van der Waals surface area contributed by atoms with Crippen molar-refractivity contribution in [3.63, 3.8) is 0 Å². The highest BCUT2D eigenvalue weighted by Gasteiger charge is 2.25. The Balaban J connectivity index is 3.32. The van der Waals surface area contributed by atoms with E-state index in [2.05, 4.69) is 0 Å². The number of hydrogen-bond donors (Lipinski definition) is 0. The van der Waals surface area contributed by atoms with Crippen LogP contribution < -0.4 is 0 Å². The fourth-order valence-corrected chi connectivity index (χ4v) is 2.41. The fourth-order valence-electron chi connectivity index (χ4n) is 1.05. The van der Waals surface area contributed by atoms with Crippen LogP contribution in [0.25, 0.3) is 0 Å². The van der Waals surface area contributed by atoms with Gasteiger partial charge in [0.05, 0.1) is 0 Å². The quantitative estimate of drug-likeness (QED) is 0.752. The number of hydrogen-bond acceptors (Lipinski definition) is 6. The smallest absolute Gasteiger partial charge is 0.275 e. The van der Waals surface area contributed by atoms with Crippen molar-refractivity contribution in [1.82, 2.24) is 0 Å². The molecule has 0 aliphatic rings. The largest absolute Gasteiger partial charge is 0.299 e. The minimum Gasteiger partial charge on any atom is -0.275 e. The Morgan fingerprint density at radius 1 is 0.833 bits per heavy atom. The molecule has 1 rings (SSSR count). The Bertz CT molecular complexity index is 660. The summed E-state index contributed by atoms with van der Waals surface area (Å²) < 4.78 is 43.2. The highest BCUT2D eigenvalue weighted by atomic mass is 35.7. The van der Waals surface area contributed by atoms with E-state index in [1.165, 1.54) is 0 Å². The molecule has 0 spiro atoms. The summed E-state index contributed by atoms with van der Waals surface area (Å²) >= 11 is 0. The lowest BCUT2D eigenvalue weighted by Crippen LogP contribution is -2.12. The third-order valence-electron chi connectivity index (χ3n) is 1.78. The number of rotatable bonds is 2. The zero-order chi connectivity index (χ0) is 14.1. The molecule has 0 aromatic heterocycles. The Kier molecular flexibility index (Phi) is 4.16. The van der Waals surface area contributed by atoms with Crippen molar-refractivity contribution in [2.45, 2.75) is 0 Å². The van der Waals surface area contributed by atoms with Crippen molar-refractivity contribution in [2.24, 2.45) is 0 Å². The molecule has 10 heteroatoms. The maximum Gasteiger partial charge on any atom is 0.299 e. The standard InChI is InChI=1S/C8H4Cl2O6S2/c9-17(13,14)7(11)5-2-1-3-6(4-5)8(12)18(10,15)16/h1-4H. The van der Waals surface area contributed by atoms with Crippen molar-refractivity contribution >= 4 is 49.7 Å². The van der Waals surface area contributed by atoms with E-state index in [4.69, 9.17) is 21.4 Å². The Labute approximate surface area is 111 Å². The molecule has 98 valence electrons. The first-order valence-corrected chi connectivity index (χ1v) is 8.73. The molecule has 0 atom stereocenters. The molecule has 0 aliphatic heterocycles. The Morgan fingerprint density at radius 2 is 1.17 bits per heavy atom. The van der Waals surface area contributed by atoms with Gasteiger partial charge in [-0.05, 0) is 6.07 Å². The zero-order valence-corrected chi connectivity index (χ0v) is 11.5. The highest BCUT2D eigenvalue weighted by Crippen LogP contribution is 2.15. The van der Waals surface area contributed by atoms with Gasteiger partial charge in [-0.2, -0.15) is 0 Å². The van der Waals surface area contributed by atoms with E-state index in [-0.39, 0.29) is 0 Å². The summed E-state index contributed by atoms with van der Waals surface area (Å²) in [5.41, 5.74) is -0.868. The van der Waals surface area contributed by atoms with Gasteiger partial charge in [-0.3, -0.25) is 9.59 Å². The van der Waals surface area contributed by atoms with Crippen LogP contribution in [0.15, 0.2) is 24.3 Å². The van der Waals surface area contributed by atoms with Crippen LogP contribution in [0.3, 0.4) is 0 Å². The molecule has 0 saturated heterocycles. The van der Waals surface area contributed by atoms with Gasteiger partial charge in [0, 0.05) is 32.5 Å². The first kappa shape index (κ1) is 15.1. The van der Waals surface area contributed by atoms with Crippen LogP contribution in [0.1, 0.15) is 20.7 Å². The van der Waals surface area contributed by atoms with Crippen molar-refractivity contribution < 1.29 is 26.4 Å². The number of benzene rings is 1. The van der Waals surface area contributed by atoms with Crippen LogP contribution in [-0.4, -0.2) is 27.1 Å². The predicted octanol–water partition coefficient (Wildman–Crippen LogP) is 1.10. The molecule has 0 heterocycles. The van der Waals surface area contributed by atoms with Gasteiger partial charge in [0.15, 0.2) is 0 Å². The lowest BCUT2D eigenvalue weighted by atomic mass is 10.1. The molecule has 18 heavy (non-hydrogen) atoms.